The third kappa shape index (κ3) is 2.77. The fourth-order valence-corrected chi connectivity index (χ4v) is 5.86. The Kier molecular flexibility index (Phi) is 4.47. The predicted molar refractivity (Wildman–Crippen MR) is 91.3 cm³/mol. The summed E-state index contributed by atoms with van der Waals surface area (Å²) in [4.78, 5) is 11.3. The van der Waals surface area contributed by atoms with E-state index in [-0.39, 0.29) is 5.91 Å². The van der Waals surface area contributed by atoms with Gasteiger partial charge in [-0.2, -0.15) is 0 Å². The number of hydrogen-bond acceptors (Lipinski definition) is 1. The highest BCUT2D eigenvalue weighted by Crippen LogP contribution is 2.64. The minimum Gasteiger partial charge on any atom is -0.353 e. The maximum Gasteiger partial charge on any atom is 0.243 e. The molecule has 3 rings (SSSR count). The molecule has 2 heteroatoms. The lowest BCUT2D eigenvalue weighted by molar-refractivity contribution is -0.116. The van der Waals surface area contributed by atoms with E-state index in [0.29, 0.717) is 5.41 Å². The molecule has 0 radical (unpaired) electrons. The molecule has 1 spiro atoms. The molecule has 1 amide bonds. The van der Waals surface area contributed by atoms with Gasteiger partial charge in [-0.3, -0.25) is 4.79 Å². The first kappa shape index (κ1) is 15.8. The van der Waals surface area contributed by atoms with Gasteiger partial charge in [0.05, 0.1) is 0 Å². The molecule has 3 fully saturated rings. The van der Waals surface area contributed by atoms with Crippen molar-refractivity contribution in [2.24, 2.45) is 29.1 Å². The van der Waals surface area contributed by atoms with E-state index in [4.69, 9.17) is 0 Å². The van der Waals surface area contributed by atoms with E-state index in [9.17, 15) is 4.79 Å². The Hall–Kier alpha value is -1.05. The molecule has 3 saturated carbocycles. The summed E-state index contributed by atoms with van der Waals surface area (Å²) in [6, 6.07) is 0. The van der Waals surface area contributed by atoms with Gasteiger partial charge in [0.15, 0.2) is 0 Å². The zero-order valence-electron chi connectivity index (χ0n) is 14.1. The zero-order chi connectivity index (χ0) is 15.7. The second-order valence-electron chi connectivity index (χ2n) is 8.10. The number of hydrogen-bond donors (Lipinski definition) is 1. The summed E-state index contributed by atoms with van der Waals surface area (Å²) in [7, 11) is 0. The van der Waals surface area contributed by atoms with Crippen molar-refractivity contribution < 1.29 is 4.79 Å². The van der Waals surface area contributed by atoms with Gasteiger partial charge in [-0.25, -0.2) is 0 Å². The van der Waals surface area contributed by atoms with Gasteiger partial charge < -0.3 is 5.32 Å². The molecule has 0 aromatic rings. The van der Waals surface area contributed by atoms with Crippen LogP contribution < -0.4 is 5.32 Å². The predicted octanol–water partition coefficient (Wildman–Crippen LogP) is 4.48. The molecule has 0 aromatic heterocycles. The Morgan fingerprint density at radius 1 is 1.41 bits per heavy atom. The molecule has 2 nitrogen and oxygen atoms in total. The summed E-state index contributed by atoms with van der Waals surface area (Å²) in [5, 5.41) is 2.93. The van der Waals surface area contributed by atoms with Crippen LogP contribution >= 0.6 is 0 Å². The average Bonchev–Trinajstić information content (AvgIpc) is 2.76. The third-order valence-electron chi connectivity index (χ3n) is 6.97. The Bertz CT molecular complexity index is 468. The molecule has 122 valence electrons. The van der Waals surface area contributed by atoms with Crippen molar-refractivity contribution in [2.75, 3.05) is 6.54 Å². The van der Waals surface area contributed by atoms with Crippen LogP contribution in [0.1, 0.15) is 58.3 Å². The fourth-order valence-electron chi connectivity index (χ4n) is 5.86. The molecule has 3 aliphatic carbocycles. The van der Waals surface area contributed by atoms with E-state index < -0.39 is 0 Å². The Morgan fingerprint density at radius 2 is 2.23 bits per heavy atom. The van der Waals surface area contributed by atoms with Crippen LogP contribution in [-0.4, -0.2) is 12.5 Å². The minimum atomic E-state index is -0.0410. The number of rotatable bonds is 5. The van der Waals surface area contributed by atoms with Crippen LogP contribution in [0.2, 0.25) is 0 Å². The topological polar surface area (TPSA) is 29.1 Å². The van der Waals surface area contributed by atoms with Crippen LogP contribution in [0.5, 0.6) is 0 Å². The SMILES string of the molecule is C=CC(=O)NCCCC1C(C)CC[C@]23CC(=C)[C@H](CCC12)C3. The molecule has 0 heterocycles. The fraction of sp³-hybridized carbons (Fsp3) is 0.750. The second-order valence-corrected chi connectivity index (χ2v) is 8.10. The summed E-state index contributed by atoms with van der Waals surface area (Å²) in [6.45, 7) is 11.1. The first-order valence-electron chi connectivity index (χ1n) is 9.13. The van der Waals surface area contributed by atoms with Crippen molar-refractivity contribution in [1.29, 1.82) is 0 Å². The number of carbonyl (C=O) groups excluding carboxylic acids is 1. The van der Waals surface area contributed by atoms with Gasteiger partial charge in [0.2, 0.25) is 5.91 Å². The summed E-state index contributed by atoms with van der Waals surface area (Å²) in [6.07, 6.45) is 12.1. The molecule has 2 bridgehead atoms. The molecule has 0 aromatic carbocycles. The highest BCUT2D eigenvalue weighted by Gasteiger charge is 2.54. The van der Waals surface area contributed by atoms with Crippen LogP contribution in [0, 0.1) is 29.1 Å². The van der Waals surface area contributed by atoms with Gasteiger partial charge >= 0.3 is 0 Å². The number of fused-ring (bicyclic) bond motifs is 1. The van der Waals surface area contributed by atoms with Crippen molar-refractivity contribution in [3.8, 4) is 0 Å². The Balaban J connectivity index is 1.61. The smallest absolute Gasteiger partial charge is 0.243 e. The van der Waals surface area contributed by atoms with Crippen molar-refractivity contribution in [3.63, 3.8) is 0 Å². The molecular weight excluding hydrogens is 270 g/mol. The molecule has 0 aliphatic heterocycles. The monoisotopic (exact) mass is 301 g/mol. The number of amides is 1. The summed E-state index contributed by atoms with van der Waals surface area (Å²) in [5.74, 6) is 3.39. The van der Waals surface area contributed by atoms with Gasteiger partial charge in [-0.1, -0.05) is 25.7 Å². The van der Waals surface area contributed by atoms with E-state index in [2.05, 4.69) is 25.4 Å². The lowest BCUT2D eigenvalue weighted by atomic mass is 9.53. The minimum absolute atomic E-state index is 0.0410. The molecule has 5 atom stereocenters. The van der Waals surface area contributed by atoms with E-state index in [1.807, 2.05) is 0 Å². The maximum absolute atomic E-state index is 11.3. The Labute approximate surface area is 135 Å². The van der Waals surface area contributed by atoms with Crippen molar-refractivity contribution >= 4 is 5.91 Å². The van der Waals surface area contributed by atoms with Crippen LogP contribution in [0.15, 0.2) is 24.8 Å². The molecular formula is C20H31NO. The quantitative estimate of drug-likeness (QED) is 0.453. The van der Waals surface area contributed by atoms with E-state index in [0.717, 1.165) is 36.6 Å². The normalized spacial score (nSPS) is 40.1. The molecule has 3 aliphatic rings. The molecule has 3 unspecified atom stereocenters. The standard InChI is InChI=1S/C20H31NO/c1-4-19(22)21-11-5-6-17-14(2)9-10-20-12-15(3)16(13-20)7-8-18(17)20/h4,14,16-18H,1,3,5-13H2,2H3,(H,21,22)/t14?,16-,17?,18?,20-/m1/s1. The summed E-state index contributed by atoms with van der Waals surface area (Å²) in [5.41, 5.74) is 2.15. The van der Waals surface area contributed by atoms with Crippen molar-refractivity contribution in [2.45, 2.75) is 58.3 Å². The summed E-state index contributed by atoms with van der Waals surface area (Å²) >= 11 is 0. The highest BCUT2D eigenvalue weighted by molar-refractivity contribution is 5.86. The number of nitrogens with one attached hydrogen (secondary N) is 1. The number of carbonyl (C=O) groups is 1. The molecule has 0 saturated heterocycles. The second kappa shape index (κ2) is 6.22. The first-order valence-corrected chi connectivity index (χ1v) is 9.13. The highest BCUT2D eigenvalue weighted by atomic mass is 16.1. The van der Waals surface area contributed by atoms with Crippen LogP contribution in [0.25, 0.3) is 0 Å². The lowest BCUT2D eigenvalue weighted by Gasteiger charge is -2.51. The lowest BCUT2D eigenvalue weighted by Crippen LogP contribution is -2.43. The third-order valence-corrected chi connectivity index (χ3v) is 6.97. The molecule has 22 heavy (non-hydrogen) atoms. The number of allylic oxidation sites excluding steroid dienone is 1. The van der Waals surface area contributed by atoms with E-state index in [1.54, 1.807) is 5.57 Å². The average molecular weight is 301 g/mol. The van der Waals surface area contributed by atoms with Gasteiger partial charge in [0.25, 0.3) is 0 Å². The van der Waals surface area contributed by atoms with E-state index >= 15 is 0 Å². The van der Waals surface area contributed by atoms with Crippen LogP contribution in [0.3, 0.4) is 0 Å². The van der Waals surface area contributed by atoms with Gasteiger partial charge in [0.1, 0.15) is 0 Å². The first-order chi connectivity index (χ1) is 10.6. The van der Waals surface area contributed by atoms with E-state index in [1.165, 1.54) is 51.0 Å². The summed E-state index contributed by atoms with van der Waals surface area (Å²) < 4.78 is 0. The van der Waals surface area contributed by atoms with Crippen molar-refractivity contribution in [3.05, 3.63) is 24.8 Å². The van der Waals surface area contributed by atoms with Crippen molar-refractivity contribution in [1.82, 2.24) is 5.32 Å². The molecule has 1 N–H and O–H groups in total. The van der Waals surface area contributed by atoms with Crippen LogP contribution in [0.4, 0.5) is 0 Å². The van der Waals surface area contributed by atoms with Gasteiger partial charge in [-0.15, -0.1) is 0 Å². The Morgan fingerprint density at radius 3 is 3.00 bits per heavy atom. The van der Waals surface area contributed by atoms with Crippen LogP contribution in [-0.2, 0) is 4.79 Å². The van der Waals surface area contributed by atoms with Gasteiger partial charge in [-0.05, 0) is 86.5 Å². The zero-order valence-corrected chi connectivity index (χ0v) is 14.1. The van der Waals surface area contributed by atoms with Gasteiger partial charge in [0, 0.05) is 6.54 Å². The largest absolute Gasteiger partial charge is 0.353 e. The maximum atomic E-state index is 11.3.